The van der Waals surface area contributed by atoms with Gasteiger partial charge < -0.3 is 16.0 Å². The molecule has 5 nitrogen and oxygen atoms in total. The number of nitrogens with two attached hydrogens (primary N) is 1. The summed E-state index contributed by atoms with van der Waals surface area (Å²) >= 11 is 0. The minimum absolute atomic E-state index is 0.127. The van der Waals surface area contributed by atoms with Crippen LogP contribution in [0.3, 0.4) is 0 Å². The van der Waals surface area contributed by atoms with Crippen molar-refractivity contribution in [3.8, 4) is 0 Å². The van der Waals surface area contributed by atoms with Crippen LogP contribution in [-0.2, 0) is 4.79 Å². The van der Waals surface area contributed by atoms with Gasteiger partial charge in [-0.3, -0.25) is 9.59 Å². The summed E-state index contributed by atoms with van der Waals surface area (Å²) in [5.41, 5.74) is 6.47. The SMILES string of the molecule is C[C@]12CCCN1C(=O)c1c(N)cccc1NC2=O. The van der Waals surface area contributed by atoms with Gasteiger partial charge in [0.05, 0.1) is 11.3 Å². The zero-order chi connectivity index (χ0) is 12.9. The maximum absolute atomic E-state index is 12.5. The van der Waals surface area contributed by atoms with Crippen LogP contribution in [0.2, 0.25) is 0 Å². The van der Waals surface area contributed by atoms with Crippen molar-refractivity contribution in [1.29, 1.82) is 0 Å². The Labute approximate surface area is 105 Å². The van der Waals surface area contributed by atoms with E-state index in [1.54, 1.807) is 23.1 Å². The molecule has 3 N–H and O–H groups in total. The van der Waals surface area contributed by atoms with Gasteiger partial charge in [0.2, 0.25) is 5.91 Å². The van der Waals surface area contributed by atoms with Gasteiger partial charge in [0.15, 0.2) is 0 Å². The highest BCUT2D eigenvalue weighted by atomic mass is 16.2. The number of nitrogens with one attached hydrogen (secondary N) is 1. The highest BCUT2D eigenvalue weighted by Gasteiger charge is 2.48. The van der Waals surface area contributed by atoms with Crippen LogP contribution in [0.25, 0.3) is 0 Å². The molecule has 1 fully saturated rings. The summed E-state index contributed by atoms with van der Waals surface area (Å²) in [6, 6.07) is 5.13. The Bertz CT molecular complexity index is 555. The number of amides is 2. The lowest BCUT2D eigenvalue weighted by Gasteiger charge is -2.31. The number of rotatable bonds is 0. The molecule has 0 saturated carbocycles. The van der Waals surface area contributed by atoms with Gasteiger partial charge in [0.25, 0.3) is 5.91 Å². The number of hydrogen-bond donors (Lipinski definition) is 2. The van der Waals surface area contributed by atoms with Crippen molar-refractivity contribution in [2.75, 3.05) is 17.6 Å². The zero-order valence-electron chi connectivity index (χ0n) is 10.2. The first-order valence-electron chi connectivity index (χ1n) is 6.06. The Balaban J connectivity index is 2.20. The molecule has 2 heterocycles. The van der Waals surface area contributed by atoms with Crippen molar-refractivity contribution in [2.45, 2.75) is 25.3 Å². The largest absolute Gasteiger partial charge is 0.398 e. The van der Waals surface area contributed by atoms with E-state index < -0.39 is 5.54 Å². The molecule has 1 aromatic carbocycles. The minimum atomic E-state index is -0.747. The molecule has 0 spiro atoms. The van der Waals surface area contributed by atoms with Gasteiger partial charge in [-0.25, -0.2) is 0 Å². The maximum Gasteiger partial charge on any atom is 0.258 e. The molecule has 1 saturated heterocycles. The molecular formula is C13H15N3O2. The standard InChI is InChI=1S/C13H15N3O2/c1-13-6-3-7-16(13)11(17)10-8(14)4-2-5-9(10)15-12(13)18/h2,4-5H,3,6-7,14H2,1H3,(H,15,18)/t13-/m1/s1. The number of carbonyl (C=O) groups excluding carboxylic acids is 2. The summed E-state index contributed by atoms with van der Waals surface area (Å²) < 4.78 is 0. The van der Waals surface area contributed by atoms with Crippen LogP contribution in [0, 0.1) is 0 Å². The quantitative estimate of drug-likeness (QED) is 0.675. The summed E-state index contributed by atoms with van der Waals surface area (Å²) in [5, 5.41) is 2.82. The van der Waals surface area contributed by atoms with Gasteiger partial charge in [0, 0.05) is 12.2 Å². The minimum Gasteiger partial charge on any atom is -0.398 e. The molecule has 0 radical (unpaired) electrons. The summed E-state index contributed by atoms with van der Waals surface area (Å²) in [4.78, 5) is 26.5. The van der Waals surface area contributed by atoms with Gasteiger partial charge >= 0.3 is 0 Å². The summed E-state index contributed by atoms with van der Waals surface area (Å²) in [5.74, 6) is -0.279. The molecule has 0 aliphatic carbocycles. The maximum atomic E-state index is 12.5. The van der Waals surface area contributed by atoms with Crippen molar-refractivity contribution in [1.82, 2.24) is 4.90 Å². The van der Waals surface area contributed by atoms with E-state index in [-0.39, 0.29) is 11.8 Å². The fraction of sp³-hybridized carbons (Fsp3) is 0.385. The molecule has 94 valence electrons. The highest BCUT2D eigenvalue weighted by molar-refractivity contribution is 6.14. The number of nitrogen functional groups attached to an aromatic ring is 1. The number of fused-ring (bicyclic) bond motifs is 2. The molecule has 0 aromatic heterocycles. The predicted octanol–water partition coefficient (Wildman–Crippen LogP) is 1.22. The first kappa shape index (κ1) is 11.1. The molecule has 0 bridgehead atoms. The van der Waals surface area contributed by atoms with Gasteiger partial charge in [-0.1, -0.05) is 6.07 Å². The number of hydrogen-bond acceptors (Lipinski definition) is 3. The molecule has 2 amide bonds. The smallest absolute Gasteiger partial charge is 0.258 e. The molecule has 0 unspecified atom stereocenters. The van der Waals surface area contributed by atoms with E-state index >= 15 is 0 Å². The monoisotopic (exact) mass is 245 g/mol. The second-order valence-electron chi connectivity index (χ2n) is 5.06. The third-order valence-electron chi connectivity index (χ3n) is 3.93. The van der Waals surface area contributed by atoms with Crippen LogP contribution >= 0.6 is 0 Å². The fourth-order valence-corrected chi connectivity index (χ4v) is 2.83. The first-order chi connectivity index (χ1) is 8.54. The Morgan fingerprint density at radius 1 is 1.39 bits per heavy atom. The molecule has 3 rings (SSSR count). The zero-order valence-corrected chi connectivity index (χ0v) is 10.2. The number of anilines is 2. The summed E-state index contributed by atoms with van der Waals surface area (Å²) in [7, 11) is 0. The summed E-state index contributed by atoms with van der Waals surface area (Å²) in [6.45, 7) is 2.42. The van der Waals surface area contributed by atoms with E-state index in [0.29, 0.717) is 29.9 Å². The van der Waals surface area contributed by atoms with Crippen LogP contribution in [0.4, 0.5) is 11.4 Å². The fourth-order valence-electron chi connectivity index (χ4n) is 2.83. The van der Waals surface area contributed by atoms with Crippen LogP contribution in [-0.4, -0.2) is 28.8 Å². The highest BCUT2D eigenvalue weighted by Crippen LogP contribution is 2.37. The topological polar surface area (TPSA) is 75.4 Å². The van der Waals surface area contributed by atoms with Gasteiger partial charge in [0.1, 0.15) is 5.54 Å². The average molecular weight is 245 g/mol. The van der Waals surface area contributed by atoms with Gasteiger partial charge in [-0.15, -0.1) is 0 Å². The molecular weight excluding hydrogens is 230 g/mol. The van der Waals surface area contributed by atoms with E-state index in [9.17, 15) is 9.59 Å². The van der Waals surface area contributed by atoms with Crippen LogP contribution in [0.5, 0.6) is 0 Å². The van der Waals surface area contributed by atoms with Gasteiger partial charge in [-0.05, 0) is 31.9 Å². The summed E-state index contributed by atoms with van der Waals surface area (Å²) in [6.07, 6.45) is 1.54. The lowest BCUT2D eigenvalue weighted by molar-refractivity contribution is -0.124. The van der Waals surface area contributed by atoms with E-state index in [1.807, 2.05) is 6.92 Å². The average Bonchev–Trinajstić information content (AvgIpc) is 2.69. The van der Waals surface area contributed by atoms with E-state index in [0.717, 1.165) is 6.42 Å². The molecule has 2 aliphatic heterocycles. The number of nitrogens with zero attached hydrogens (tertiary/aromatic N) is 1. The third-order valence-corrected chi connectivity index (χ3v) is 3.93. The Morgan fingerprint density at radius 2 is 2.17 bits per heavy atom. The predicted molar refractivity (Wildman–Crippen MR) is 68.2 cm³/mol. The number of benzene rings is 1. The Morgan fingerprint density at radius 3 is 2.94 bits per heavy atom. The second kappa shape index (κ2) is 3.48. The van der Waals surface area contributed by atoms with E-state index in [2.05, 4.69) is 5.32 Å². The molecule has 1 atom stereocenters. The van der Waals surface area contributed by atoms with Gasteiger partial charge in [-0.2, -0.15) is 0 Å². The lowest BCUT2D eigenvalue weighted by atomic mass is 9.98. The van der Waals surface area contributed by atoms with Crippen LogP contribution < -0.4 is 11.1 Å². The second-order valence-corrected chi connectivity index (χ2v) is 5.06. The van der Waals surface area contributed by atoms with E-state index in [1.165, 1.54) is 0 Å². The Kier molecular flexibility index (Phi) is 2.14. The van der Waals surface area contributed by atoms with Crippen LogP contribution in [0.15, 0.2) is 18.2 Å². The van der Waals surface area contributed by atoms with Crippen molar-refractivity contribution < 1.29 is 9.59 Å². The van der Waals surface area contributed by atoms with Crippen molar-refractivity contribution in [3.63, 3.8) is 0 Å². The molecule has 5 heteroatoms. The Hall–Kier alpha value is -2.04. The molecule has 18 heavy (non-hydrogen) atoms. The van der Waals surface area contributed by atoms with Crippen molar-refractivity contribution in [2.24, 2.45) is 0 Å². The van der Waals surface area contributed by atoms with Crippen molar-refractivity contribution >= 4 is 23.2 Å². The lowest BCUT2D eigenvalue weighted by Crippen LogP contribution is -2.51. The van der Waals surface area contributed by atoms with Crippen LogP contribution in [0.1, 0.15) is 30.1 Å². The van der Waals surface area contributed by atoms with Crippen molar-refractivity contribution in [3.05, 3.63) is 23.8 Å². The molecule has 2 aliphatic rings. The third kappa shape index (κ3) is 1.27. The first-order valence-corrected chi connectivity index (χ1v) is 6.06. The normalized spacial score (nSPS) is 26.4. The van der Waals surface area contributed by atoms with E-state index in [4.69, 9.17) is 5.73 Å². The number of carbonyl (C=O) groups is 2. The molecule has 1 aromatic rings.